The van der Waals surface area contributed by atoms with E-state index in [-0.39, 0.29) is 17.8 Å². The molecule has 1 unspecified atom stereocenters. The van der Waals surface area contributed by atoms with Crippen molar-refractivity contribution in [1.82, 2.24) is 4.90 Å². The van der Waals surface area contributed by atoms with Gasteiger partial charge in [0, 0.05) is 19.0 Å². The quantitative estimate of drug-likeness (QED) is 0.763. The van der Waals surface area contributed by atoms with Gasteiger partial charge in [-0.05, 0) is 43.8 Å². The Bertz CT molecular complexity index is 686. The number of benzene rings is 2. The molecule has 1 amide bonds. The molecule has 0 aromatic heterocycles. The number of carbonyl (C=O) groups excluding carboxylic acids is 1. The largest absolute Gasteiger partial charge is 0.324 e. The van der Waals surface area contributed by atoms with E-state index in [1.807, 2.05) is 18.9 Å². The van der Waals surface area contributed by atoms with E-state index in [9.17, 15) is 9.18 Å². The zero-order chi connectivity index (χ0) is 17.7. The van der Waals surface area contributed by atoms with Crippen LogP contribution in [0.2, 0.25) is 10.0 Å². The van der Waals surface area contributed by atoms with Crippen LogP contribution >= 0.6 is 23.2 Å². The van der Waals surface area contributed by atoms with Crippen molar-refractivity contribution in [1.29, 1.82) is 0 Å². The van der Waals surface area contributed by atoms with Gasteiger partial charge in [0.15, 0.2) is 0 Å². The summed E-state index contributed by atoms with van der Waals surface area (Å²) in [5.74, 6) is -0.423. The van der Waals surface area contributed by atoms with Crippen molar-refractivity contribution in [3.05, 3.63) is 63.9 Å². The molecule has 6 heteroatoms. The predicted molar refractivity (Wildman–Crippen MR) is 97.2 cm³/mol. The van der Waals surface area contributed by atoms with E-state index in [1.165, 1.54) is 12.1 Å². The summed E-state index contributed by atoms with van der Waals surface area (Å²) in [5.41, 5.74) is 1.42. The Morgan fingerprint density at radius 3 is 2.33 bits per heavy atom. The van der Waals surface area contributed by atoms with Crippen molar-refractivity contribution < 1.29 is 9.18 Å². The lowest BCUT2D eigenvalue weighted by molar-refractivity contribution is -0.116. The number of hydrogen-bond donors (Lipinski definition) is 1. The third kappa shape index (κ3) is 4.94. The van der Waals surface area contributed by atoms with E-state index in [4.69, 9.17) is 23.2 Å². The fraction of sp³-hybridized carbons (Fsp3) is 0.278. The Labute approximate surface area is 151 Å². The second-order valence-electron chi connectivity index (χ2n) is 5.60. The van der Waals surface area contributed by atoms with Gasteiger partial charge in [0.05, 0.1) is 15.7 Å². The van der Waals surface area contributed by atoms with E-state index in [1.54, 1.807) is 30.3 Å². The van der Waals surface area contributed by atoms with Crippen LogP contribution in [0.5, 0.6) is 0 Å². The first-order valence-electron chi connectivity index (χ1n) is 7.58. The Kier molecular flexibility index (Phi) is 6.60. The molecule has 0 aliphatic rings. The minimum atomic E-state index is -0.260. The molecule has 2 rings (SSSR count). The van der Waals surface area contributed by atoms with Gasteiger partial charge in [-0.25, -0.2) is 4.39 Å². The highest BCUT2D eigenvalue weighted by Gasteiger charge is 2.14. The highest BCUT2D eigenvalue weighted by molar-refractivity contribution is 6.39. The zero-order valence-electron chi connectivity index (χ0n) is 13.5. The Hall–Kier alpha value is -1.62. The molecule has 0 saturated heterocycles. The fourth-order valence-electron chi connectivity index (χ4n) is 2.29. The van der Waals surface area contributed by atoms with E-state index < -0.39 is 0 Å². The molecule has 1 atom stereocenters. The third-order valence-corrected chi connectivity index (χ3v) is 4.56. The number of amides is 1. The van der Waals surface area contributed by atoms with Gasteiger partial charge in [-0.2, -0.15) is 0 Å². The van der Waals surface area contributed by atoms with Crippen LogP contribution in [-0.4, -0.2) is 24.4 Å². The van der Waals surface area contributed by atoms with Crippen molar-refractivity contribution in [2.75, 3.05) is 18.9 Å². The maximum absolute atomic E-state index is 13.0. The van der Waals surface area contributed by atoms with Gasteiger partial charge in [-0.3, -0.25) is 9.69 Å². The first-order chi connectivity index (χ1) is 11.4. The molecule has 128 valence electrons. The summed E-state index contributed by atoms with van der Waals surface area (Å²) < 4.78 is 13.0. The smallest absolute Gasteiger partial charge is 0.225 e. The summed E-state index contributed by atoms with van der Waals surface area (Å²) in [6.07, 6.45) is 0.295. The van der Waals surface area contributed by atoms with E-state index in [2.05, 4.69) is 5.32 Å². The molecule has 24 heavy (non-hydrogen) atoms. The number of hydrogen-bond acceptors (Lipinski definition) is 2. The van der Waals surface area contributed by atoms with E-state index >= 15 is 0 Å². The van der Waals surface area contributed by atoms with Crippen LogP contribution in [0.1, 0.15) is 24.9 Å². The minimum absolute atomic E-state index is 0.0716. The zero-order valence-corrected chi connectivity index (χ0v) is 15.0. The molecule has 0 fully saturated rings. The molecule has 0 aliphatic heterocycles. The van der Waals surface area contributed by atoms with Crippen LogP contribution in [0.25, 0.3) is 0 Å². The Balaban J connectivity index is 1.90. The van der Waals surface area contributed by atoms with Crippen molar-refractivity contribution in [2.24, 2.45) is 0 Å². The Morgan fingerprint density at radius 2 is 1.75 bits per heavy atom. The summed E-state index contributed by atoms with van der Waals surface area (Å²) >= 11 is 12.1. The molecule has 0 saturated carbocycles. The molecule has 0 spiro atoms. The number of halogens is 3. The molecule has 3 nitrogen and oxygen atoms in total. The topological polar surface area (TPSA) is 32.3 Å². The number of para-hydroxylation sites is 1. The van der Waals surface area contributed by atoms with Crippen molar-refractivity contribution >= 4 is 34.8 Å². The van der Waals surface area contributed by atoms with Crippen LogP contribution in [0.4, 0.5) is 10.1 Å². The van der Waals surface area contributed by atoms with E-state index in [0.717, 1.165) is 5.56 Å². The summed E-state index contributed by atoms with van der Waals surface area (Å²) in [4.78, 5) is 14.1. The summed E-state index contributed by atoms with van der Waals surface area (Å²) in [6.45, 7) is 2.56. The van der Waals surface area contributed by atoms with Gasteiger partial charge in [0.2, 0.25) is 5.91 Å². The first-order valence-corrected chi connectivity index (χ1v) is 8.33. The number of rotatable bonds is 6. The minimum Gasteiger partial charge on any atom is -0.324 e. The van der Waals surface area contributed by atoms with Crippen LogP contribution in [0.3, 0.4) is 0 Å². The van der Waals surface area contributed by atoms with Crippen molar-refractivity contribution in [3.8, 4) is 0 Å². The van der Waals surface area contributed by atoms with Gasteiger partial charge in [0.25, 0.3) is 0 Å². The summed E-state index contributed by atoms with van der Waals surface area (Å²) in [5, 5.41) is 3.55. The van der Waals surface area contributed by atoms with Crippen LogP contribution in [0, 0.1) is 5.82 Å². The van der Waals surface area contributed by atoms with Gasteiger partial charge in [-0.15, -0.1) is 0 Å². The molecule has 0 radical (unpaired) electrons. The van der Waals surface area contributed by atoms with Gasteiger partial charge >= 0.3 is 0 Å². The Morgan fingerprint density at radius 1 is 1.17 bits per heavy atom. The lowest BCUT2D eigenvalue weighted by Crippen LogP contribution is -2.27. The average Bonchev–Trinajstić information content (AvgIpc) is 2.56. The number of carbonyl (C=O) groups is 1. The molecule has 1 N–H and O–H groups in total. The summed E-state index contributed by atoms with van der Waals surface area (Å²) in [7, 11) is 1.92. The maximum atomic E-state index is 13.0. The van der Waals surface area contributed by atoms with Gasteiger partial charge in [-0.1, -0.05) is 41.4 Å². The highest BCUT2D eigenvalue weighted by Crippen LogP contribution is 2.29. The molecular weight excluding hydrogens is 350 g/mol. The molecule has 2 aromatic rings. The molecule has 0 heterocycles. The fourth-order valence-corrected chi connectivity index (χ4v) is 2.78. The SMILES string of the molecule is CC(c1ccc(F)cc1)N(C)CCC(=O)Nc1c(Cl)cccc1Cl. The number of nitrogens with zero attached hydrogens (tertiary/aromatic N) is 1. The third-order valence-electron chi connectivity index (χ3n) is 3.93. The summed E-state index contributed by atoms with van der Waals surface area (Å²) in [6, 6.07) is 11.5. The highest BCUT2D eigenvalue weighted by atomic mass is 35.5. The lowest BCUT2D eigenvalue weighted by Gasteiger charge is -2.25. The standard InChI is InChI=1S/C18H19Cl2FN2O/c1-12(13-6-8-14(21)9-7-13)23(2)11-10-17(24)22-18-15(19)4-3-5-16(18)20/h3-9,12H,10-11H2,1-2H3,(H,22,24). The number of anilines is 1. The first kappa shape index (κ1) is 18.7. The molecule has 2 aromatic carbocycles. The second-order valence-corrected chi connectivity index (χ2v) is 6.42. The monoisotopic (exact) mass is 368 g/mol. The van der Waals surface area contributed by atoms with Gasteiger partial charge < -0.3 is 5.32 Å². The predicted octanol–water partition coefficient (Wildman–Crippen LogP) is 5.15. The number of nitrogens with one attached hydrogen (secondary N) is 1. The van der Waals surface area contributed by atoms with Crippen LogP contribution in [0.15, 0.2) is 42.5 Å². The van der Waals surface area contributed by atoms with Gasteiger partial charge in [0.1, 0.15) is 5.82 Å². The van der Waals surface area contributed by atoms with Crippen LogP contribution in [-0.2, 0) is 4.79 Å². The normalized spacial score (nSPS) is 12.2. The van der Waals surface area contributed by atoms with Crippen LogP contribution < -0.4 is 5.32 Å². The molecule has 0 aliphatic carbocycles. The van der Waals surface area contributed by atoms with E-state index in [0.29, 0.717) is 28.7 Å². The second kappa shape index (κ2) is 8.47. The molecule has 0 bridgehead atoms. The molecular formula is C18H19Cl2FN2O. The average molecular weight is 369 g/mol. The van der Waals surface area contributed by atoms with Crippen molar-refractivity contribution in [2.45, 2.75) is 19.4 Å². The lowest BCUT2D eigenvalue weighted by atomic mass is 10.1. The van der Waals surface area contributed by atoms with Crippen molar-refractivity contribution in [3.63, 3.8) is 0 Å². The maximum Gasteiger partial charge on any atom is 0.225 e.